The summed E-state index contributed by atoms with van der Waals surface area (Å²) in [6.45, 7) is 4.33. The quantitative estimate of drug-likeness (QED) is 0.905. The highest BCUT2D eigenvalue weighted by molar-refractivity contribution is 5.99. The minimum atomic E-state index is -0.0668. The SMILES string of the molecule is CC[C@H](C)NC(=O)C1=Cc2cc(OC)ccc2OC1. The van der Waals surface area contributed by atoms with Crippen LogP contribution in [0.2, 0.25) is 0 Å². The Hall–Kier alpha value is -1.97. The van der Waals surface area contributed by atoms with Gasteiger partial charge >= 0.3 is 0 Å². The summed E-state index contributed by atoms with van der Waals surface area (Å²) in [7, 11) is 1.62. The molecular weight excluding hydrogens is 242 g/mol. The standard InChI is InChI=1S/C15H19NO3/c1-4-10(2)16-15(17)12-7-11-8-13(18-3)5-6-14(11)19-9-12/h5-8,10H,4,9H2,1-3H3,(H,16,17)/t10-/m0/s1. The van der Waals surface area contributed by atoms with Gasteiger partial charge in [0.2, 0.25) is 0 Å². The van der Waals surface area contributed by atoms with Crippen LogP contribution in [0.3, 0.4) is 0 Å². The monoisotopic (exact) mass is 261 g/mol. The molecule has 0 aliphatic carbocycles. The van der Waals surface area contributed by atoms with E-state index in [4.69, 9.17) is 9.47 Å². The molecule has 1 aromatic rings. The van der Waals surface area contributed by atoms with E-state index in [0.717, 1.165) is 23.5 Å². The predicted molar refractivity (Wildman–Crippen MR) is 74.4 cm³/mol. The lowest BCUT2D eigenvalue weighted by molar-refractivity contribution is -0.118. The van der Waals surface area contributed by atoms with Crippen LogP contribution in [-0.2, 0) is 4.79 Å². The molecule has 1 aliphatic rings. The molecule has 2 rings (SSSR count). The van der Waals surface area contributed by atoms with Crippen LogP contribution >= 0.6 is 0 Å². The van der Waals surface area contributed by atoms with E-state index < -0.39 is 0 Å². The molecule has 1 amide bonds. The highest BCUT2D eigenvalue weighted by Gasteiger charge is 2.18. The molecule has 0 spiro atoms. The lowest BCUT2D eigenvalue weighted by atomic mass is 10.1. The zero-order valence-electron chi connectivity index (χ0n) is 11.5. The van der Waals surface area contributed by atoms with E-state index in [-0.39, 0.29) is 11.9 Å². The van der Waals surface area contributed by atoms with Crippen LogP contribution < -0.4 is 14.8 Å². The van der Waals surface area contributed by atoms with E-state index in [2.05, 4.69) is 5.32 Å². The minimum Gasteiger partial charge on any atom is -0.497 e. The van der Waals surface area contributed by atoms with Crippen LogP contribution in [0.5, 0.6) is 11.5 Å². The molecule has 1 N–H and O–H groups in total. The molecule has 1 aromatic carbocycles. The summed E-state index contributed by atoms with van der Waals surface area (Å²) in [5.74, 6) is 1.46. The maximum absolute atomic E-state index is 12.0. The average Bonchev–Trinajstić information content (AvgIpc) is 2.45. The fraction of sp³-hybridized carbons (Fsp3) is 0.400. The molecule has 102 valence electrons. The lowest BCUT2D eigenvalue weighted by Crippen LogP contribution is -2.35. The van der Waals surface area contributed by atoms with Gasteiger partial charge in [0.05, 0.1) is 12.7 Å². The maximum Gasteiger partial charge on any atom is 0.250 e. The molecule has 19 heavy (non-hydrogen) atoms. The van der Waals surface area contributed by atoms with Gasteiger partial charge in [0.15, 0.2) is 0 Å². The van der Waals surface area contributed by atoms with Gasteiger partial charge in [-0.1, -0.05) is 6.92 Å². The zero-order valence-corrected chi connectivity index (χ0v) is 11.5. The molecule has 1 aliphatic heterocycles. The van der Waals surface area contributed by atoms with Crippen molar-refractivity contribution in [3.05, 3.63) is 29.3 Å². The number of amides is 1. The van der Waals surface area contributed by atoms with Gasteiger partial charge in [0.1, 0.15) is 18.1 Å². The summed E-state index contributed by atoms with van der Waals surface area (Å²) < 4.78 is 10.8. The van der Waals surface area contributed by atoms with Crippen molar-refractivity contribution in [1.29, 1.82) is 0 Å². The molecule has 4 heteroatoms. The van der Waals surface area contributed by atoms with Crippen molar-refractivity contribution in [2.24, 2.45) is 0 Å². The second kappa shape index (κ2) is 5.78. The van der Waals surface area contributed by atoms with Crippen LogP contribution in [-0.4, -0.2) is 25.7 Å². The number of nitrogens with one attached hydrogen (secondary N) is 1. The van der Waals surface area contributed by atoms with Crippen molar-refractivity contribution in [2.75, 3.05) is 13.7 Å². The van der Waals surface area contributed by atoms with E-state index in [1.165, 1.54) is 0 Å². The van der Waals surface area contributed by atoms with E-state index >= 15 is 0 Å². The Morgan fingerprint density at radius 2 is 2.32 bits per heavy atom. The first-order chi connectivity index (χ1) is 9.13. The molecule has 0 bridgehead atoms. The first-order valence-electron chi connectivity index (χ1n) is 6.46. The molecule has 0 fully saturated rings. The van der Waals surface area contributed by atoms with Crippen molar-refractivity contribution >= 4 is 12.0 Å². The van der Waals surface area contributed by atoms with Gasteiger partial charge in [-0.3, -0.25) is 4.79 Å². The summed E-state index contributed by atoms with van der Waals surface area (Å²) in [5.41, 5.74) is 1.51. The number of hydrogen-bond donors (Lipinski definition) is 1. The zero-order chi connectivity index (χ0) is 13.8. The fourth-order valence-electron chi connectivity index (χ4n) is 1.83. The summed E-state index contributed by atoms with van der Waals surface area (Å²) in [4.78, 5) is 12.0. The fourth-order valence-corrected chi connectivity index (χ4v) is 1.83. The van der Waals surface area contributed by atoms with Gasteiger partial charge in [-0.15, -0.1) is 0 Å². The Kier molecular flexibility index (Phi) is 4.10. The molecule has 0 saturated carbocycles. The smallest absolute Gasteiger partial charge is 0.250 e. The molecule has 0 saturated heterocycles. The van der Waals surface area contributed by atoms with E-state index in [0.29, 0.717) is 12.2 Å². The summed E-state index contributed by atoms with van der Waals surface area (Å²) >= 11 is 0. The van der Waals surface area contributed by atoms with Crippen molar-refractivity contribution in [3.8, 4) is 11.5 Å². The highest BCUT2D eigenvalue weighted by atomic mass is 16.5. The Bertz CT molecular complexity index is 508. The van der Waals surface area contributed by atoms with Crippen LogP contribution in [0.25, 0.3) is 6.08 Å². The first kappa shape index (κ1) is 13.5. The van der Waals surface area contributed by atoms with Gasteiger partial charge in [-0.05, 0) is 37.6 Å². The highest BCUT2D eigenvalue weighted by Crippen LogP contribution is 2.29. The molecule has 1 heterocycles. The van der Waals surface area contributed by atoms with Crippen LogP contribution in [0.1, 0.15) is 25.8 Å². The number of benzene rings is 1. The molecule has 4 nitrogen and oxygen atoms in total. The Balaban J connectivity index is 2.20. The second-order valence-electron chi connectivity index (χ2n) is 4.64. The van der Waals surface area contributed by atoms with Gasteiger partial charge in [-0.25, -0.2) is 0 Å². The van der Waals surface area contributed by atoms with Crippen LogP contribution in [0.4, 0.5) is 0 Å². The average molecular weight is 261 g/mol. The van der Waals surface area contributed by atoms with E-state index in [1.807, 2.05) is 38.1 Å². The van der Waals surface area contributed by atoms with E-state index in [1.54, 1.807) is 7.11 Å². The van der Waals surface area contributed by atoms with Gasteiger partial charge in [-0.2, -0.15) is 0 Å². The van der Waals surface area contributed by atoms with Crippen molar-refractivity contribution in [3.63, 3.8) is 0 Å². The molecule has 0 radical (unpaired) electrons. The first-order valence-corrected chi connectivity index (χ1v) is 6.46. The summed E-state index contributed by atoms with van der Waals surface area (Å²) in [6, 6.07) is 5.73. The maximum atomic E-state index is 12.0. The second-order valence-corrected chi connectivity index (χ2v) is 4.64. The summed E-state index contributed by atoms with van der Waals surface area (Å²) in [6.07, 6.45) is 2.77. The Morgan fingerprint density at radius 1 is 1.53 bits per heavy atom. The Labute approximate surface area is 113 Å². The van der Waals surface area contributed by atoms with Gasteiger partial charge in [0.25, 0.3) is 5.91 Å². The van der Waals surface area contributed by atoms with E-state index in [9.17, 15) is 4.79 Å². The number of hydrogen-bond acceptors (Lipinski definition) is 3. The number of fused-ring (bicyclic) bond motifs is 1. The molecule has 0 unspecified atom stereocenters. The number of carbonyl (C=O) groups is 1. The molecule has 1 atom stereocenters. The molecule has 0 aromatic heterocycles. The van der Waals surface area contributed by atoms with Crippen LogP contribution in [0, 0.1) is 0 Å². The number of ether oxygens (including phenoxy) is 2. The third kappa shape index (κ3) is 3.08. The number of methoxy groups -OCH3 is 1. The van der Waals surface area contributed by atoms with Gasteiger partial charge < -0.3 is 14.8 Å². The Morgan fingerprint density at radius 3 is 3.00 bits per heavy atom. The minimum absolute atomic E-state index is 0.0668. The lowest BCUT2D eigenvalue weighted by Gasteiger charge is -2.19. The number of carbonyl (C=O) groups excluding carboxylic acids is 1. The largest absolute Gasteiger partial charge is 0.497 e. The van der Waals surface area contributed by atoms with Crippen molar-refractivity contribution < 1.29 is 14.3 Å². The topological polar surface area (TPSA) is 47.6 Å². The number of rotatable bonds is 4. The van der Waals surface area contributed by atoms with Crippen LogP contribution in [0.15, 0.2) is 23.8 Å². The summed E-state index contributed by atoms with van der Waals surface area (Å²) in [5, 5.41) is 2.94. The van der Waals surface area contributed by atoms with Gasteiger partial charge in [0, 0.05) is 11.6 Å². The predicted octanol–water partition coefficient (Wildman–Crippen LogP) is 2.39. The third-order valence-electron chi connectivity index (χ3n) is 3.21. The van der Waals surface area contributed by atoms with Crippen molar-refractivity contribution in [2.45, 2.75) is 26.3 Å². The normalized spacial score (nSPS) is 14.8. The van der Waals surface area contributed by atoms with Crippen molar-refractivity contribution in [1.82, 2.24) is 5.32 Å². The third-order valence-corrected chi connectivity index (χ3v) is 3.21. The molecular formula is C15H19NO3.